The molecule has 0 radical (unpaired) electrons. The summed E-state index contributed by atoms with van der Waals surface area (Å²) in [4.78, 5) is 0. The van der Waals surface area contributed by atoms with E-state index in [1.807, 2.05) is 13.8 Å². The molecular weight excluding hydrogens is 286 g/mol. The highest BCUT2D eigenvalue weighted by Gasteiger charge is 2.16. The van der Waals surface area contributed by atoms with Gasteiger partial charge in [-0.25, -0.2) is 8.78 Å². The van der Waals surface area contributed by atoms with Gasteiger partial charge in [0.25, 0.3) is 0 Å². The lowest BCUT2D eigenvalue weighted by Gasteiger charge is -2.05. The summed E-state index contributed by atoms with van der Waals surface area (Å²) in [6.07, 6.45) is 0. The van der Waals surface area contributed by atoms with Crippen LogP contribution >= 0.6 is 11.6 Å². The molecule has 0 aliphatic rings. The van der Waals surface area contributed by atoms with Crippen molar-refractivity contribution < 1.29 is 8.78 Å². The van der Waals surface area contributed by atoms with Crippen molar-refractivity contribution in [3.8, 4) is 11.4 Å². The fourth-order valence-electron chi connectivity index (χ4n) is 1.96. The van der Waals surface area contributed by atoms with Crippen LogP contribution in [0.5, 0.6) is 0 Å². The monoisotopic (exact) mass is 294 g/mol. The molecule has 20 heavy (non-hydrogen) atoms. The van der Waals surface area contributed by atoms with Crippen LogP contribution in [-0.2, 0) is 0 Å². The smallest absolute Gasteiger partial charge is 0.185 e. The van der Waals surface area contributed by atoms with Gasteiger partial charge < -0.3 is 0 Å². The van der Waals surface area contributed by atoms with E-state index in [4.69, 9.17) is 11.6 Å². The molecule has 0 fully saturated rings. The predicted molar refractivity (Wildman–Crippen MR) is 70.6 cm³/mol. The van der Waals surface area contributed by atoms with E-state index >= 15 is 0 Å². The molecule has 4 nitrogen and oxygen atoms in total. The molecule has 7 heteroatoms. The van der Waals surface area contributed by atoms with Crippen LogP contribution in [-0.4, -0.2) is 19.8 Å². The Labute approximate surface area is 118 Å². The molecule has 2 aromatic heterocycles. The minimum atomic E-state index is -0.688. The molecule has 0 aliphatic heterocycles. The summed E-state index contributed by atoms with van der Waals surface area (Å²) in [7, 11) is 0. The van der Waals surface area contributed by atoms with Crippen molar-refractivity contribution in [2.24, 2.45) is 0 Å². The Morgan fingerprint density at radius 1 is 1.00 bits per heavy atom. The lowest BCUT2D eigenvalue weighted by Crippen LogP contribution is -2.00. The molecule has 0 saturated heterocycles. The number of nitrogens with zero attached hydrogens (tertiary/aromatic N) is 4. The van der Waals surface area contributed by atoms with Crippen LogP contribution in [0, 0.1) is 25.5 Å². The summed E-state index contributed by atoms with van der Waals surface area (Å²) in [6.45, 7) is 3.66. The molecule has 2 heterocycles. The van der Waals surface area contributed by atoms with E-state index in [0.29, 0.717) is 10.8 Å². The SMILES string of the molecule is Cc1c(Cl)nn2c(-c3cc(F)cc(F)c3)nnc2c1C. The number of aryl methyl sites for hydroxylation is 1. The van der Waals surface area contributed by atoms with Gasteiger partial charge in [0, 0.05) is 17.2 Å². The number of hydrogen-bond acceptors (Lipinski definition) is 3. The number of hydrogen-bond donors (Lipinski definition) is 0. The average Bonchev–Trinajstić information content (AvgIpc) is 2.78. The molecule has 0 amide bonds. The lowest BCUT2D eigenvalue weighted by atomic mass is 10.2. The van der Waals surface area contributed by atoms with E-state index in [0.717, 1.165) is 17.2 Å². The minimum absolute atomic E-state index is 0.239. The van der Waals surface area contributed by atoms with Crippen molar-refractivity contribution in [2.45, 2.75) is 13.8 Å². The van der Waals surface area contributed by atoms with E-state index in [1.54, 1.807) is 0 Å². The van der Waals surface area contributed by atoms with Crippen molar-refractivity contribution in [1.29, 1.82) is 0 Å². The number of fused-ring (bicyclic) bond motifs is 1. The van der Waals surface area contributed by atoms with E-state index in [1.165, 1.54) is 16.6 Å². The Balaban J connectivity index is 2.32. The highest BCUT2D eigenvalue weighted by atomic mass is 35.5. The summed E-state index contributed by atoms with van der Waals surface area (Å²) in [6, 6.07) is 3.14. The summed E-state index contributed by atoms with van der Waals surface area (Å²) in [5.74, 6) is -1.14. The van der Waals surface area contributed by atoms with Crippen molar-refractivity contribution in [2.75, 3.05) is 0 Å². The van der Waals surface area contributed by atoms with Gasteiger partial charge in [-0.05, 0) is 31.5 Å². The average molecular weight is 295 g/mol. The Bertz CT molecular complexity index is 809. The maximum atomic E-state index is 13.3. The molecule has 3 aromatic rings. The number of benzene rings is 1. The van der Waals surface area contributed by atoms with Crippen molar-refractivity contribution in [1.82, 2.24) is 19.8 Å². The molecule has 0 saturated carbocycles. The molecule has 3 rings (SSSR count). The highest BCUT2D eigenvalue weighted by Crippen LogP contribution is 2.24. The molecular formula is C13H9ClF2N4. The van der Waals surface area contributed by atoms with Gasteiger partial charge in [0.15, 0.2) is 16.6 Å². The summed E-state index contributed by atoms with van der Waals surface area (Å²) < 4.78 is 28.0. The van der Waals surface area contributed by atoms with Crippen molar-refractivity contribution >= 4 is 17.2 Å². The molecule has 0 aliphatic carbocycles. The lowest BCUT2D eigenvalue weighted by molar-refractivity contribution is 0.584. The first-order valence-corrected chi connectivity index (χ1v) is 6.19. The van der Waals surface area contributed by atoms with Crippen LogP contribution < -0.4 is 0 Å². The van der Waals surface area contributed by atoms with Crippen LogP contribution in [0.3, 0.4) is 0 Å². The zero-order valence-electron chi connectivity index (χ0n) is 10.7. The second-order valence-electron chi connectivity index (χ2n) is 4.46. The van der Waals surface area contributed by atoms with E-state index < -0.39 is 11.6 Å². The van der Waals surface area contributed by atoms with E-state index in [-0.39, 0.29) is 11.4 Å². The standard InChI is InChI=1S/C13H9ClF2N4/c1-6-7(2)12-17-18-13(20(12)19-11(6)14)8-3-9(15)5-10(16)4-8/h3-5H,1-2H3. The summed E-state index contributed by atoms with van der Waals surface area (Å²) in [5, 5.41) is 12.4. The van der Waals surface area contributed by atoms with E-state index in [9.17, 15) is 8.78 Å². The third kappa shape index (κ3) is 1.92. The molecule has 0 unspecified atom stereocenters. The first-order valence-electron chi connectivity index (χ1n) is 5.82. The minimum Gasteiger partial charge on any atom is -0.207 e. The Morgan fingerprint density at radius 3 is 2.30 bits per heavy atom. The van der Waals surface area contributed by atoms with Crippen LogP contribution in [0.2, 0.25) is 5.15 Å². The van der Waals surface area contributed by atoms with Gasteiger partial charge >= 0.3 is 0 Å². The zero-order chi connectivity index (χ0) is 14.4. The molecule has 0 N–H and O–H groups in total. The first-order chi connectivity index (χ1) is 9.47. The van der Waals surface area contributed by atoms with Gasteiger partial charge in [-0.2, -0.15) is 9.61 Å². The predicted octanol–water partition coefficient (Wildman–Crippen LogP) is 3.34. The van der Waals surface area contributed by atoms with Gasteiger partial charge in [0.05, 0.1) is 0 Å². The second kappa shape index (κ2) is 4.49. The largest absolute Gasteiger partial charge is 0.207 e. The topological polar surface area (TPSA) is 43.1 Å². The normalized spacial score (nSPS) is 11.2. The first kappa shape index (κ1) is 12.9. The van der Waals surface area contributed by atoms with Gasteiger partial charge in [-0.3, -0.25) is 0 Å². The van der Waals surface area contributed by atoms with E-state index in [2.05, 4.69) is 15.3 Å². The Hall–Kier alpha value is -2.08. The quantitative estimate of drug-likeness (QED) is 0.691. The van der Waals surface area contributed by atoms with Gasteiger partial charge in [0.2, 0.25) is 0 Å². The third-order valence-electron chi connectivity index (χ3n) is 3.16. The molecule has 0 atom stereocenters. The molecule has 0 bridgehead atoms. The van der Waals surface area contributed by atoms with Gasteiger partial charge in [0.1, 0.15) is 11.6 Å². The van der Waals surface area contributed by atoms with Crippen LogP contribution in [0.15, 0.2) is 18.2 Å². The highest BCUT2D eigenvalue weighted by molar-refractivity contribution is 6.30. The van der Waals surface area contributed by atoms with Gasteiger partial charge in [-0.15, -0.1) is 10.2 Å². The molecule has 0 spiro atoms. The zero-order valence-corrected chi connectivity index (χ0v) is 11.4. The number of halogens is 3. The molecule has 1 aromatic carbocycles. The second-order valence-corrected chi connectivity index (χ2v) is 4.82. The summed E-state index contributed by atoms with van der Waals surface area (Å²) >= 11 is 6.04. The maximum absolute atomic E-state index is 13.3. The van der Waals surface area contributed by atoms with Crippen LogP contribution in [0.25, 0.3) is 17.0 Å². The third-order valence-corrected chi connectivity index (χ3v) is 3.52. The summed E-state index contributed by atoms with van der Waals surface area (Å²) in [5.41, 5.74) is 2.37. The molecule has 102 valence electrons. The Kier molecular flexibility index (Phi) is 2.90. The number of rotatable bonds is 1. The fraction of sp³-hybridized carbons (Fsp3) is 0.154. The van der Waals surface area contributed by atoms with Crippen LogP contribution in [0.4, 0.5) is 8.78 Å². The van der Waals surface area contributed by atoms with Crippen molar-refractivity contribution in [3.63, 3.8) is 0 Å². The van der Waals surface area contributed by atoms with Gasteiger partial charge in [-0.1, -0.05) is 11.6 Å². The van der Waals surface area contributed by atoms with Crippen LogP contribution in [0.1, 0.15) is 11.1 Å². The van der Waals surface area contributed by atoms with Crippen molar-refractivity contribution in [3.05, 3.63) is 46.1 Å². The maximum Gasteiger partial charge on any atom is 0.185 e. The number of aromatic nitrogens is 4. The Morgan fingerprint density at radius 2 is 1.65 bits per heavy atom. The fourth-order valence-corrected chi connectivity index (χ4v) is 2.17.